The van der Waals surface area contributed by atoms with Crippen molar-refractivity contribution in [3.05, 3.63) is 29.8 Å². The molecule has 1 aromatic carbocycles. The Morgan fingerprint density at radius 3 is 2.70 bits per heavy atom. The number of amides is 1. The summed E-state index contributed by atoms with van der Waals surface area (Å²) in [7, 11) is 0. The lowest BCUT2D eigenvalue weighted by molar-refractivity contribution is -0.113. The molecule has 0 radical (unpaired) electrons. The van der Waals surface area contributed by atoms with Crippen LogP contribution in [0.4, 0.5) is 5.69 Å². The van der Waals surface area contributed by atoms with E-state index in [4.69, 9.17) is 4.74 Å². The van der Waals surface area contributed by atoms with Crippen LogP contribution in [0.15, 0.2) is 32.9 Å². The van der Waals surface area contributed by atoms with Crippen LogP contribution >= 0.6 is 34.9 Å². The summed E-state index contributed by atoms with van der Waals surface area (Å²) in [6, 6.07) is 6.77. The Balaban J connectivity index is 1.96. The molecule has 9 heteroatoms. The molecular weight excluding hydrogens is 354 g/mol. The standard InChI is InChI=1S/C14H15N3O3S3/c1-3-20-12(19)9-6-4-5-7-10(9)15-11(18)8-22-14-17-16-13(21-2)23-14/h4-7H,3,8H2,1-2H3,(H,15,18). The topological polar surface area (TPSA) is 81.2 Å². The molecule has 6 nitrogen and oxygen atoms in total. The van der Waals surface area contributed by atoms with Crippen LogP contribution in [0.5, 0.6) is 0 Å². The number of anilines is 1. The molecule has 0 bridgehead atoms. The monoisotopic (exact) mass is 369 g/mol. The van der Waals surface area contributed by atoms with E-state index in [1.165, 1.54) is 34.9 Å². The molecular formula is C14H15N3O3S3. The molecule has 0 aliphatic heterocycles. The van der Waals surface area contributed by atoms with E-state index < -0.39 is 5.97 Å². The van der Waals surface area contributed by atoms with Crippen molar-refractivity contribution in [2.45, 2.75) is 15.6 Å². The maximum absolute atomic E-state index is 12.1. The number of hydrogen-bond acceptors (Lipinski definition) is 8. The fourth-order valence-corrected chi connectivity index (χ4v) is 3.87. The number of rotatable bonds is 7. The molecule has 0 saturated carbocycles. The van der Waals surface area contributed by atoms with Gasteiger partial charge in [-0.2, -0.15) is 0 Å². The minimum atomic E-state index is -0.454. The Kier molecular flexibility index (Phi) is 6.87. The number of esters is 1. The van der Waals surface area contributed by atoms with E-state index in [1.807, 2.05) is 6.26 Å². The van der Waals surface area contributed by atoms with Gasteiger partial charge in [-0.25, -0.2) is 4.79 Å². The number of nitrogens with one attached hydrogen (secondary N) is 1. The van der Waals surface area contributed by atoms with Crippen LogP contribution in [-0.2, 0) is 9.53 Å². The Hall–Kier alpha value is -1.58. The van der Waals surface area contributed by atoms with E-state index in [0.29, 0.717) is 11.3 Å². The maximum atomic E-state index is 12.1. The van der Waals surface area contributed by atoms with E-state index in [9.17, 15) is 9.59 Å². The zero-order chi connectivity index (χ0) is 16.7. The molecule has 23 heavy (non-hydrogen) atoms. The number of thioether (sulfide) groups is 2. The first-order valence-corrected chi connectivity index (χ1v) is 9.73. The van der Waals surface area contributed by atoms with Crippen LogP contribution in [0, 0.1) is 0 Å². The van der Waals surface area contributed by atoms with Gasteiger partial charge in [0.05, 0.1) is 23.6 Å². The molecule has 0 unspecified atom stereocenters. The second-order valence-corrected chi connectivity index (χ2v) is 7.39. The van der Waals surface area contributed by atoms with E-state index in [2.05, 4.69) is 15.5 Å². The number of carbonyl (C=O) groups excluding carboxylic acids is 2. The maximum Gasteiger partial charge on any atom is 0.340 e. The Morgan fingerprint density at radius 2 is 2.00 bits per heavy atom. The van der Waals surface area contributed by atoms with Crippen LogP contribution in [-0.4, -0.2) is 40.7 Å². The van der Waals surface area contributed by atoms with Gasteiger partial charge in [0.25, 0.3) is 0 Å². The highest BCUT2D eigenvalue weighted by molar-refractivity contribution is 8.03. The first-order chi connectivity index (χ1) is 11.1. The van der Waals surface area contributed by atoms with E-state index in [0.717, 1.165) is 8.68 Å². The summed E-state index contributed by atoms with van der Waals surface area (Å²) in [6.45, 7) is 2.02. The Labute approximate surface area is 146 Å². The normalized spacial score (nSPS) is 10.3. The third kappa shape index (κ3) is 5.22. The van der Waals surface area contributed by atoms with Gasteiger partial charge in [0.2, 0.25) is 5.91 Å². The molecule has 1 amide bonds. The lowest BCUT2D eigenvalue weighted by Gasteiger charge is -2.09. The average Bonchev–Trinajstić information content (AvgIpc) is 3.02. The van der Waals surface area contributed by atoms with E-state index >= 15 is 0 Å². The second-order valence-electron chi connectivity index (χ2n) is 4.14. The van der Waals surface area contributed by atoms with Crippen molar-refractivity contribution in [3.63, 3.8) is 0 Å². The second kappa shape index (κ2) is 8.90. The van der Waals surface area contributed by atoms with Crippen LogP contribution < -0.4 is 5.32 Å². The van der Waals surface area contributed by atoms with Crippen molar-refractivity contribution in [1.82, 2.24) is 10.2 Å². The zero-order valence-corrected chi connectivity index (χ0v) is 15.0. The molecule has 1 heterocycles. The van der Waals surface area contributed by atoms with Gasteiger partial charge < -0.3 is 10.1 Å². The lowest BCUT2D eigenvalue weighted by Crippen LogP contribution is -2.17. The molecule has 0 atom stereocenters. The highest BCUT2D eigenvalue weighted by atomic mass is 32.2. The molecule has 2 aromatic rings. The SMILES string of the molecule is CCOC(=O)c1ccccc1NC(=O)CSc1nnc(SC)s1. The number of ether oxygens (including phenoxy) is 1. The van der Waals surface area contributed by atoms with Crippen molar-refractivity contribution in [3.8, 4) is 0 Å². The molecule has 2 rings (SSSR count). The summed E-state index contributed by atoms with van der Waals surface area (Å²) in [6.07, 6.45) is 1.92. The van der Waals surface area contributed by atoms with Crippen LogP contribution in [0.2, 0.25) is 0 Å². The van der Waals surface area contributed by atoms with Crippen LogP contribution in [0.3, 0.4) is 0 Å². The summed E-state index contributed by atoms with van der Waals surface area (Å²) in [5.41, 5.74) is 0.784. The smallest absolute Gasteiger partial charge is 0.340 e. The number of nitrogens with zero attached hydrogens (tertiary/aromatic N) is 2. The van der Waals surface area contributed by atoms with Gasteiger partial charge in [-0.15, -0.1) is 10.2 Å². The third-order valence-electron chi connectivity index (χ3n) is 2.59. The molecule has 0 saturated heterocycles. The number of carbonyl (C=O) groups is 2. The van der Waals surface area contributed by atoms with Crippen molar-refractivity contribution < 1.29 is 14.3 Å². The number of aromatic nitrogens is 2. The zero-order valence-electron chi connectivity index (χ0n) is 12.6. The summed E-state index contributed by atoms with van der Waals surface area (Å²) < 4.78 is 6.58. The number of hydrogen-bond donors (Lipinski definition) is 1. The molecule has 0 aliphatic carbocycles. The first kappa shape index (κ1) is 17.8. The van der Waals surface area contributed by atoms with Crippen molar-refractivity contribution >= 4 is 52.4 Å². The number of benzene rings is 1. The molecule has 122 valence electrons. The van der Waals surface area contributed by atoms with Gasteiger partial charge in [0.1, 0.15) is 0 Å². The molecule has 0 aliphatic rings. The predicted octanol–water partition coefficient (Wildman–Crippen LogP) is 3.17. The molecule has 1 aromatic heterocycles. The van der Waals surface area contributed by atoms with Crippen LogP contribution in [0.25, 0.3) is 0 Å². The fourth-order valence-electron chi connectivity index (χ4n) is 1.63. The fraction of sp³-hybridized carbons (Fsp3) is 0.286. The van der Waals surface area contributed by atoms with Crippen molar-refractivity contribution in [1.29, 1.82) is 0 Å². The first-order valence-electron chi connectivity index (χ1n) is 6.70. The quantitative estimate of drug-likeness (QED) is 0.593. The Bertz CT molecular complexity index is 691. The third-order valence-corrected chi connectivity index (χ3v) is 5.62. The highest BCUT2D eigenvalue weighted by Crippen LogP contribution is 2.27. The van der Waals surface area contributed by atoms with E-state index in [-0.39, 0.29) is 18.3 Å². The minimum absolute atomic E-state index is 0.195. The van der Waals surface area contributed by atoms with Crippen molar-refractivity contribution in [2.75, 3.05) is 23.9 Å². The van der Waals surface area contributed by atoms with Crippen molar-refractivity contribution in [2.24, 2.45) is 0 Å². The summed E-state index contributed by atoms with van der Waals surface area (Å²) in [5.74, 6) is -0.474. The minimum Gasteiger partial charge on any atom is -0.462 e. The Morgan fingerprint density at radius 1 is 1.26 bits per heavy atom. The molecule has 1 N–H and O–H groups in total. The average molecular weight is 369 g/mol. The lowest BCUT2D eigenvalue weighted by atomic mass is 10.2. The summed E-state index contributed by atoms with van der Waals surface area (Å²) in [5, 5.41) is 10.7. The van der Waals surface area contributed by atoms with E-state index in [1.54, 1.807) is 31.2 Å². The van der Waals surface area contributed by atoms with Gasteiger partial charge >= 0.3 is 5.97 Å². The summed E-state index contributed by atoms with van der Waals surface area (Å²) >= 11 is 4.27. The number of para-hydroxylation sites is 1. The van der Waals surface area contributed by atoms with Gasteiger partial charge in [-0.05, 0) is 25.3 Å². The van der Waals surface area contributed by atoms with Gasteiger partial charge in [0, 0.05) is 0 Å². The van der Waals surface area contributed by atoms with Gasteiger partial charge in [-0.1, -0.05) is 47.0 Å². The van der Waals surface area contributed by atoms with Crippen LogP contribution in [0.1, 0.15) is 17.3 Å². The molecule has 0 spiro atoms. The highest BCUT2D eigenvalue weighted by Gasteiger charge is 2.14. The van der Waals surface area contributed by atoms with Gasteiger partial charge in [-0.3, -0.25) is 4.79 Å². The molecule has 0 fully saturated rings. The predicted molar refractivity (Wildman–Crippen MR) is 93.4 cm³/mol. The van der Waals surface area contributed by atoms with Gasteiger partial charge in [0.15, 0.2) is 8.68 Å². The summed E-state index contributed by atoms with van der Waals surface area (Å²) in [4.78, 5) is 23.9. The largest absolute Gasteiger partial charge is 0.462 e.